The smallest absolute Gasteiger partial charge is 0.257 e. The molecule has 0 bridgehead atoms. The maximum atomic E-state index is 13.2. The number of piperazine rings is 2. The topological polar surface area (TPSA) is 153 Å². The van der Waals surface area contributed by atoms with Gasteiger partial charge in [0.1, 0.15) is 23.7 Å². The zero-order valence-electron chi connectivity index (χ0n) is 28.1. The summed E-state index contributed by atoms with van der Waals surface area (Å²) in [6.45, 7) is 16.4. The van der Waals surface area contributed by atoms with Crippen molar-refractivity contribution in [1.29, 1.82) is 5.41 Å². The number of nitrogens with one attached hydrogen (secondary N) is 2. The van der Waals surface area contributed by atoms with Gasteiger partial charge in [-0.05, 0) is 26.5 Å². The highest BCUT2D eigenvalue weighted by Crippen LogP contribution is 2.41. The van der Waals surface area contributed by atoms with Crippen LogP contribution in [0.4, 0.5) is 11.8 Å². The number of ether oxygens (including phenoxy) is 1. The van der Waals surface area contributed by atoms with Gasteiger partial charge in [0.05, 0.1) is 22.6 Å². The van der Waals surface area contributed by atoms with E-state index in [4.69, 9.17) is 15.9 Å². The van der Waals surface area contributed by atoms with Gasteiger partial charge in [-0.3, -0.25) is 9.69 Å². The van der Waals surface area contributed by atoms with Crippen molar-refractivity contribution in [3.05, 3.63) is 47.8 Å². The van der Waals surface area contributed by atoms with E-state index < -0.39 is 0 Å². The van der Waals surface area contributed by atoms with Gasteiger partial charge >= 0.3 is 0 Å². The number of allylic oxidation sites excluding steroid dienone is 1. The van der Waals surface area contributed by atoms with Crippen LogP contribution in [0.15, 0.2) is 47.1 Å². The van der Waals surface area contributed by atoms with Gasteiger partial charge in [-0.1, -0.05) is 20.8 Å². The predicted molar refractivity (Wildman–Crippen MR) is 189 cm³/mol. The summed E-state index contributed by atoms with van der Waals surface area (Å²) in [7, 11) is 2.12. The molecule has 2 aliphatic heterocycles. The van der Waals surface area contributed by atoms with Gasteiger partial charge in [0.25, 0.3) is 5.91 Å². The number of amides is 1. The molecule has 2 fully saturated rings. The summed E-state index contributed by atoms with van der Waals surface area (Å²) in [5, 5.41) is 11.5. The lowest BCUT2D eigenvalue weighted by Gasteiger charge is -2.35. The van der Waals surface area contributed by atoms with Crippen molar-refractivity contribution in [3.63, 3.8) is 0 Å². The monoisotopic (exact) mass is 661 g/mol. The molecule has 4 N–H and O–H groups in total. The normalized spacial score (nSPS) is 17.0. The number of carbonyl (C=O) groups is 1. The molecule has 0 unspecified atom stereocenters. The lowest BCUT2D eigenvalue weighted by Crippen LogP contribution is -2.49. The predicted octanol–water partition coefficient (Wildman–Crippen LogP) is 3.54. The van der Waals surface area contributed by atoms with Crippen molar-refractivity contribution < 1.29 is 9.53 Å². The SMILES string of the molecule is C/C(C=N)=C(/N)Nc1ncnc2cc(OCCCN3CCN(C(=O)c4cnc(N5CCN(C)CC5)nc4)CC3)c(SC(C)(C)C)cc12. The van der Waals surface area contributed by atoms with Gasteiger partial charge in [-0.15, -0.1) is 11.8 Å². The number of rotatable bonds is 11. The average molecular weight is 662 g/mol. The van der Waals surface area contributed by atoms with E-state index in [-0.39, 0.29) is 10.7 Å². The first-order valence-electron chi connectivity index (χ1n) is 16.1. The summed E-state index contributed by atoms with van der Waals surface area (Å²) >= 11 is 1.73. The molecule has 2 aliphatic rings. The minimum atomic E-state index is -0.0411. The van der Waals surface area contributed by atoms with Crippen molar-refractivity contribution in [2.24, 2.45) is 5.73 Å². The summed E-state index contributed by atoms with van der Waals surface area (Å²) in [6, 6.07) is 4.02. The summed E-state index contributed by atoms with van der Waals surface area (Å²) in [4.78, 5) is 40.8. The molecule has 13 nitrogen and oxygen atoms in total. The summed E-state index contributed by atoms with van der Waals surface area (Å²) in [6.07, 6.45) is 6.90. The van der Waals surface area contributed by atoms with Crippen LogP contribution in [-0.2, 0) is 0 Å². The molecule has 0 aliphatic carbocycles. The number of hydrogen-bond donors (Lipinski definition) is 3. The third-order valence-corrected chi connectivity index (χ3v) is 9.37. The summed E-state index contributed by atoms with van der Waals surface area (Å²) < 4.78 is 6.32. The highest BCUT2D eigenvalue weighted by atomic mass is 32.2. The Labute approximate surface area is 281 Å². The molecule has 2 aromatic heterocycles. The number of nitrogens with two attached hydrogens (primary N) is 1. The molecule has 2 saturated heterocycles. The molecule has 1 aromatic carbocycles. The maximum absolute atomic E-state index is 13.2. The Kier molecular flexibility index (Phi) is 11.1. The van der Waals surface area contributed by atoms with Gasteiger partial charge in [0, 0.05) is 99.3 Å². The van der Waals surface area contributed by atoms with E-state index in [0.717, 1.165) is 73.8 Å². The molecule has 3 aromatic rings. The molecule has 252 valence electrons. The van der Waals surface area contributed by atoms with Crippen LogP contribution >= 0.6 is 11.8 Å². The first-order valence-corrected chi connectivity index (χ1v) is 16.9. The lowest BCUT2D eigenvalue weighted by atomic mass is 10.2. The molecule has 4 heterocycles. The molecule has 0 radical (unpaired) electrons. The Morgan fingerprint density at radius 1 is 1.04 bits per heavy atom. The fourth-order valence-corrected chi connectivity index (χ4v) is 6.47. The average Bonchev–Trinajstić information content (AvgIpc) is 3.06. The summed E-state index contributed by atoms with van der Waals surface area (Å²) in [5.74, 6) is 2.43. The molecule has 1 amide bonds. The van der Waals surface area contributed by atoms with E-state index in [0.29, 0.717) is 48.4 Å². The number of anilines is 2. The van der Waals surface area contributed by atoms with Crippen LogP contribution in [0.3, 0.4) is 0 Å². The first kappa shape index (κ1) is 34.3. The highest BCUT2D eigenvalue weighted by Gasteiger charge is 2.24. The van der Waals surface area contributed by atoms with Crippen molar-refractivity contribution in [2.45, 2.75) is 43.8 Å². The third-order valence-electron chi connectivity index (χ3n) is 8.22. The Morgan fingerprint density at radius 2 is 1.74 bits per heavy atom. The zero-order valence-corrected chi connectivity index (χ0v) is 28.9. The Morgan fingerprint density at radius 3 is 2.40 bits per heavy atom. The van der Waals surface area contributed by atoms with E-state index >= 15 is 0 Å². The van der Waals surface area contributed by atoms with Crippen molar-refractivity contribution in [2.75, 3.05) is 82.8 Å². The van der Waals surface area contributed by atoms with Gasteiger partial charge in [0.15, 0.2) is 0 Å². The molecule has 14 heteroatoms. The molecule has 47 heavy (non-hydrogen) atoms. The second-order valence-electron chi connectivity index (χ2n) is 13.0. The lowest BCUT2D eigenvalue weighted by molar-refractivity contribution is 0.0629. The van der Waals surface area contributed by atoms with E-state index in [1.807, 2.05) is 11.0 Å². The van der Waals surface area contributed by atoms with Crippen LogP contribution in [0, 0.1) is 5.41 Å². The molecule has 0 spiro atoms. The van der Waals surface area contributed by atoms with E-state index in [2.05, 4.69) is 73.8 Å². The van der Waals surface area contributed by atoms with Crippen LogP contribution in [0.5, 0.6) is 5.75 Å². The number of aromatic nitrogens is 4. The second kappa shape index (κ2) is 15.3. The van der Waals surface area contributed by atoms with Crippen LogP contribution in [0.25, 0.3) is 10.9 Å². The van der Waals surface area contributed by atoms with Crippen molar-refractivity contribution in [3.8, 4) is 5.75 Å². The van der Waals surface area contributed by atoms with Crippen molar-refractivity contribution >= 4 is 46.6 Å². The van der Waals surface area contributed by atoms with Crippen LogP contribution < -0.4 is 20.7 Å². The molecule has 0 atom stereocenters. The quantitative estimate of drug-likeness (QED) is 0.157. The number of fused-ring (bicyclic) bond motifs is 1. The second-order valence-corrected chi connectivity index (χ2v) is 14.9. The number of hydrogen-bond acceptors (Lipinski definition) is 13. The number of benzene rings is 1. The van der Waals surface area contributed by atoms with E-state index in [9.17, 15) is 4.79 Å². The van der Waals surface area contributed by atoms with Gasteiger partial charge in [-0.25, -0.2) is 19.9 Å². The van der Waals surface area contributed by atoms with Gasteiger partial charge in [-0.2, -0.15) is 0 Å². The third kappa shape index (κ3) is 9.08. The minimum absolute atomic E-state index is 0.0103. The van der Waals surface area contributed by atoms with Crippen molar-refractivity contribution in [1.82, 2.24) is 34.6 Å². The van der Waals surface area contributed by atoms with Gasteiger partial charge in [0.2, 0.25) is 5.95 Å². The Balaban J connectivity index is 1.14. The van der Waals surface area contributed by atoms with E-state index in [1.165, 1.54) is 12.5 Å². The molecular formula is C33H47N11O2S. The molecular weight excluding hydrogens is 615 g/mol. The van der Waals surface area contributed by atoms with Crippen LogP contribution in [0.1, 0.15) is 44.5 Å². The van der Waals surface area contributed by atoms with Gasteiger partial charge < -0.3 is 35.9 Å². The first-order chi connectivity index (χ1) is 22.5. The van der Waals surface area contributed by atoms with E-state index in [1.54, 1.807) is 31.1 Å². The van der Waals surface area contributed by atoms with Crippen LogP contribution in [0.2, 0.25) is 0 Å². The summed E-state index contributed by atoms with van der Waals surface area (Å²) in [5.41, 5.74) is 8.05. The number of likely N-dealkylation sites (N-methyl/N-ethyl adjacent to an activating group) is 1. The Bertz CT molecular complexity index is 1580. The number of thioether (sulfide) groups is 1. The minimum Gasteiger partial charge on any atom is -0.492 e. The Hall–Kier alpha value is -4.01. The largest absolute Gasteiger partial charge is 0.492 e. The maximum Gasteiger partial charge on any atom is 0.257 e. The molecule has 5 rings (SSSR count). The highest BCUT2D eigenvalue weighted by molar-refractivity contribution is 8.00. The zero-order chi connectivity index (χ0) is 33.6. The fraction of sp³-hybridized carbons (Fsp3) is 0.515. The van der Waals surface area contributed by atoms with Crippen LogP contribution in [-0.4, -0.2) is 124 Å². The number of nitrogens with zero attached hydrogens (tertiary/aromatic N) is 8. The standard InChI is InChI=1S/C33H47N11O2S/c1-23(19-34)29(35)40-30-25-17-28(47-33(2,3)4)27(18-26(25)38-22-39-30)46-16-6-7-42-10-14-43(15-11-42)31(45)24-20-36-32(37-21-24)44-12-8-41(5)9-13-44/h17-22,34H,6-16,35H2,1-5H3,(H,38,39,40)/b29-23+,34-19?. The number of carbonyl (C=O) groups excluding carboxylic acids is 1. The fourth-order valence-electron chi connectivity index (χ4n) is 5.42. The molecule has 0 saturated carbocycles.